The van der Waals surface area contributed by atoms with Crippen LogP contribution in [0.4, 0.5) is 0 Å². The van der Waals surface area contributed by atoms with Gasteiger partial charge in [-0.2, -0.15) is 0 Å². The third kappa shape index (κ3) is 1.46. The lowest BCUT2D eigenvalue weighted by atomic mass is 10.2. The Balaban J connectivity index is 2.47. The average molecular weight is 143 g/mol. The molecule has 58 valence electrons. The van der Waals surface area contributed by atoms with E-state index in [0.29, 0.717) is 6.54 Å². The van der Waals surface area contributed by atoms with Crippen LogP contribution in [0.1, 0.15) is 0 Å². The van der Waals surface area contributed by atoms with Gasteiger partial charge in [-0.1, -0.05) is 0 Å². The quantitative estimate of drug-likeness (QED) is 0.463. The molecule has 1 amide bonds. The maximum Gasteiger partial charge on any atom is 0.236 e. The van der Waals surface area contributed by atoms with Gasteiger partial charge in [0, 0.05) is 19.6 Å². The van der Waals surface area contributed by atoms with E-state index in [-0.39, 0.29) is 11.9 Å². The van der Waals surface area contributed by atoms with E-state index >= 15 is 0 Å². The molecule has 1 aliphatic rings. The van der Waals surface area contributed by atoms with Crippen molar-refractivity contribution < 1.29 is 4.79 Å². The zero-order valence-electron chi connectivity index (χ0n) is 6.13. The molecule has 1 atom stereocenters. The summed E-state index contributed by atoms with van der Waals surface area (Å²) in [6, 6.07) is -0.117. The highest BCUT2D eigenvalue weighted by Crippen LogP contribution is 1.97. The number of hydrogen-bond acceptors (Lipinski definition) is 3. The molecule has 1 unspecified atom stereocenters. The number of hydrogen-bond donors (Lipinski definition) is 2. The fourth-order valence-electron chi connectivity index (χ4n) is 1.12. The lowest BCUT2D eigenvalue weighted by molar-refractivity contribution is -0.123. The summed E-state index contributed by atoms with van der Waals surface area (Å²) in [6.45, 7) is 2.53. The van der Waals surface area contributed by atoms with Gasteiger partial charge in [0.25, 0.3) is 0 Å². The number of nitrogens with two attached hydrogens (primary N) is 1. The molecule has 0 bridgehead atoms. The van der Waals surface area contributed by atoms with Gasteiger partial charge in [0.05, 0.1) is 0 Å². The second-order valence-electron chi connectivity index (χ2n) is 2.60. The van der Waals surface area contributed by atoms with Gasteiger partial charge in [-0.3, -0.25) is 9.69 Å². The van der Waals surface area contributed by atoms with Crippen molar-refractivity contribution in [2.45, 2.75) is 6.04 Å². The van der Waals surface area contributed by atoms with Crippen molar-refractivity contribution in [3.63, 3.8) is 0 Å². The van der Waals surface area contributed by atoms with E-state index in [1.807, 2.05) is 11.9 Å². The van der Waals surface area contributed by atoms with Crippen LogP contribution >= 0.6 is 0 Å². The first-order valence-electron chi connectivity index (χ1n) is 3.42. The van der Waals surface area contributed by atoms with Crippen molar-refractivity contribution in [3.05, 3.63) is 0 Å². The van der Waals surface area contributed by atoms with Gasteiger partial charge in [0.1, 0.15) is 6.04 Å². The second-order valence-corrected chi connectivity index (χ2v) is 2.60. The van der Waals surface area contributed by atoms with Gasteiger partial charge in [-0.05, 0) is 7.05 Å². The van der Waals surface area contributed by atoms with Crippen LogP contribution in [0.3, 0.4) is 0 Å². The number of nitrogens with zero attached hydrogens (tertiary/aromatic N) is 1. The summed E-state index contributed by atoms with van der Waals surface area (Å²) in [5, 5.41) is 3.10. The smallest absolute Gasteiger partial charge is 0.236 e. The summed E-state index contributed by atoms with van der Waals surface area (Å²) >= 11 is 0. The van der Waals surface area contributed by atoms with Gasteiger partial charge in [-0.25, -0.2) is 0 Å². The molecule has 1 fully saturated rings. The van der Waals surface area contributed by atoms with Gasteiger partial charge in [0.2, 0.25) is 5.91 Å². The molecular weight excluding hydrogens is 130 g/mol. The summed E-state index contributed by atoms with van der Waals surface area (Å²) in [5.41, 5.74) is 5.14. The fraction of sp³-hybridized carbons (Fsp3) is 0.833. The Hall–Kier alpha value is -0.610. The minimum Gasteiger partial charge on any atom is -0.368 e. The Bertz CT molecular complexity index is 137. The molecule has 1 heterocycles. The number of piperazine rings is 1. The first-order chi connectivity index (χ1) is 4.72. The van der Waals surface area contributed by atoms with E-state index in [0.717, 1.165) is 13.1 Å². The van der Waals surface area contributed by atoms with Crippen molar-refractivity contribution in [2.24, 2.45) is 5.73 Å². The number of nitrogens with one attached hydrogen (secondary N) is 1. The van der Waals surface area contributed by atoms with Gasteiger partial charge in [0.15, 0.2) is 0 Å². The topological polar surface area (TPSA) is 58.4 Å². The average Bonchev–Trinajstić information content (AvgIpc) is 1.88. The van der Waals surface area contributed by atoms with E-state index in [9.17, 15) is 4.79 Å². The Morgan fingerprint density at radius 1 is 1.80 bits per heavy atom. The number of likely N-dealkylation sites (N-methyl/N-ethyl adjacent to an activating group) is 1. The number of amides is 1. The summed E-state index contributed by atoms with van der Waals surface area (Å²) in [6.07, 6.45) is 0. The molecule has 0 saturated carbocycles. The second kappa shape index (κ2) is 2.98. The maximum atomic E-state index is 10.7. The SMILES string of the molecule is CN1CCNCC1C(N)=O. The molecule has 0 aliphatic carbocycles. The predicted molar refractivity (Wildman–Crippen MR) is 38.5 cm³/mol. The van der Waals surface area contributed by atoms with Crippen LogP contribution in [0.2, 0.25) is 0 Å². The molecule has 0 aromatic heterocycles. The molecule has 0 aromatic rings. The standard InChI is InChI=1S/C6H13N3O/c1-9-3-2-8-4-5(9)6(7)10/h5,8H,2-4H2,1H3,(H2,7,10). The Morgan fingerprint density at radius 3 is 2.90 bits per heavy atom. The zero-order chi connectivity index (χ0) is 7.56. The summed E-state index contributed by atoms with van der Waals surface area (Å²) in [4.78, 5) is 12.7. The van der Waals surface area contributed by atoms with Crippen LogP contribution in [0.25, 0.3) is 0 Å². The number of carbonyl (C=O) groups excluding carboxylic acids is 1. The third-order valence-electron chi connectivity index (χ3n) is 1.84. The molecule has 4 heteroatoms. The van der Waals surface area contributed by atoms with Crippen LogP contribution in [0.15, 0.2) is 0 Å². The predicted octanol–water partition coefficient (Wildman–Crippen LogP) is -1.62. The minimum atomic E-state index is -0.241. The van der Waals surface area contributed by atoms with Gasteiger partial charge >= 0.3 is 0 Å². The van der Waals surface area contributed by atoms with E-state index in [1.54, 1.807) is 0 Å². The lowest BCUT2D eigenvalue weighted by Crippen LogP contribution is -2.55. The monoisotopic (exact) mass is 143 g/mol. The highest BCUT2D eigenvalue weighted by molar-refractivity contribution is 5.80. The van der Waals surface area contributed by atoms with E-state index < -0.39 is 0 Å². The zero-order valence-corrected chi connectivity index (χ0v) is 6.13. The molecule has 0 spiro atoms. The van der Waals surface area contributed by atoms with Crippen LogP contribution in [-0.4, -0.2) is 43.5 Å². The van der Waals surface area contributed by atoms with Crippen LogP contribution < -0.4 is 11.1 Å². The fourth-order valence-corrected chi connectivity index (χ4v) is 1.12. The highest BCUT2D eigenvalue weighted by Gasteiger charge is 2.22. The van der Waals surface area contributed by atoms with E-state index in [2.05, 4.69) is 5.32 Å². The Kier molecular flexibility index (Phi) is 2.24. The van der Waals surface area contributed by atoms with Crippen molar-refractivity contribution in [1.29, 1.82) is 0 Å². The molecule has 3 N–H and O–H groups in total. The normalized spacial score (nSPS) is 28.3. The first-order valence-corrected chi connectivity index (χ1v) is 3.42. The number of carbonyl (C=O) groups is 1. The first kappa shape index (κ1) is 7.50. The molecule has 1 rings (SSSR count). The molecule has 4 nitrogen and oxygen atoms in total. The van der Waals surface area contributed by atoms with Crippen molar-refractivity contribution in [2.75, 3.05) is 26.7 Å². The third-order valence-corrected chi connectivity index (χ3v) is 1.84. The molecule has 1 saturated heterocycles. The van der Waals surface area contributed by atoms with E-state index in [1.165, 1.54) is 0 Å². The van der Waals surface area contributed by atoms with Crippen molar-refractivity contribution in [1.82, 2.24) is 10.2 Å². The largest absolute Gasteiger partial charge is 0.368 e. The Morgan fingerprint density at radius 2 is 2.50 bits per heavy atom. The molecule has 0 aromatic carbocycles. The summed E-state index contributed by atoms with van der Waals surface area (Å²) in [7, 11) is 1.91. The van der Waals surface area contributed by atoms with Gasteiger partial charge in [-0.15, -0.1) is 0 Å². The maximum absolute atomic E-state index is 10.7. The minimum absolute atomic E-state index is 0.117. The number of rotatable bonds is 1. The van der Waals surface area contributed by atoms with E-state index in [4.69, 9.17) is 5.73 Å². The summed E-state index contributed by atoms with van der Waals surface area (Å²) < 4.78 is 0. The van der Waals surface area contributed by atoms with Crippen molar-refractivity contribution in [3.8, 4) is 0 Å². The highest BCUT2D eigenvalue weighted by atomic mass is 16.1. The van der Waals surface area contributed by atoms with Crippen LogP contribution in [0, 0.1) is 0 Å². The Labute approximate surface area is 60.4 Å². The summed E-state index contributed by atoms with van der Waals surface area (Å²) in [5.74, 6) is -0.241. The van der Waals surface area contributed by atoms with Crippen LogP contribution in [-0.2, 0) is 4.79 Å². The molecule has 1 aliphatic heterocycles. The van der Waals surface area contributed by atoms with Crippen molar-refractivity contribution >= 4 is 5.91 Å². The number of primary amides is 1. The molecule has 0 radical (unpaired) electrons. The molecule has 10 heavy (non-hydrogen) atoms. The van der Waals surface area contributed by atoms with Crippen LogP contribution in [0.5, 0.6) is 0 Å². The van der Waals surface area contributed by atoms with Gasteiger partial charge < -0.3 is 11.1 Å². The lowest BCUT2D eigenvalue weighted by Gasteiger charge is -2.30. The molecular formula is C6H13N3O.